The van der Waals surface area contributed by atoms with Crippen molar-refractivity contribution in [1.29, 1.82) is 0 Å². The fourth-order valence-electron chi connectivity index (χ4n) is 1.57. The number of ether oxygens (including phenoxy) is 1. The fourth-order valence-corrected chi connectivity index (χ4v) is 2.93. The maximum Gasteiger partial charge on any atom is 0.141 e. The van der Waals surface area contributed by atoms with Crippen molar-refractivity contribution in [3.63, 3.8) is 0 Å². The quantitative estimate of drug-likeness (QED) is 0.847. The fraction of sp³-hybridized carbons (Fsp3) is 0.231. The first kappa shape index (κ1) is 14.3. The van der Waals surface area contributed by atoms with Crippen molar-refractivity contribution in [3.8, 4) is 0 Å². The molecule has 0 fully saturated rings. The SMILES string of the molecule is COCc1cc(N)nc(CSc2cccc(Br)c2)n1. The van der Waals surface area contributed by atoms with Crippen molar-refractivity contribution >= 4 is 33.5 Å². The van der Waals surface area contributed by atoms with Gasteiger partial charge >= 0.3 is 0 Å². The van der Waals surface area contributed by atoms with Crippen LogP contribution in [0, 0.1) is 0 Å². The Bertz CT molecular complexity index is 565. The summed E-state index contributed by atoms with van der Waals surface area (Å²) in [7, 11) is 1.63. The zero-order chi connectivity index (χ0) is 13.7. The van der Waals surface area contributed by atoms with Crippen LogP contribution in [0.3, 0.4) is 0 Å². The highest BCUT2D eigenvalue weighted by Gasteiger charge is 2.04. The van der Waals surface area contributed by atoms with Crippen molar-refractivity contribution in [2.24, 2.45) is 0 Å². The molecule has 4 nitrogen and oxygen atoms in total. The first-order valence-electron chi connectivity index (χ1n) is 5.67. The van der Waals surface area contributed by atoms with E-state index in [0.29, 0.717) is 18.2 Å². The Morgan fingerprint density at radius 2 is 2.16 bits per heavy atom. The Kier molecular flexibility index (Phi) is 5.18. The molecule has 0 atom stereocenters. The number of nitrogen functional groups attached to an aromatic ring is 1. The molecule has 0 bridgehead atoms. The third-order valence-corrected chi connectivity index (χ3v) is 3.78. The molecule has 2 aromatic rings. The van der Waals surface area contributed by atoms with Crippen LogP contribution in [0.15, 0.2) is 39.7 Å². The molecule has 1 aromatic heterocycles. The predicted molar refractivity (Wildman–Crippen MR) is 80.9 cm³/mol. The molecule has 0 unspecified atom stereocenters. The molecule has 0 saturated carbocycles. The lowest BCUT2D eigenvalue weighted by atomic mass is 10.4. The first-order valence-corrected chi connectivity index (χ1v) is 7.45. The molecule has 0 radical (unpaired) electrons. The number of halogens is 1. The number of hydrogen-bond donors (Lipinski definition) is 1. The van der Waals surface area contributed by atoms with Gasteiger partial charge in [-0.1, -0.05) is 22.0 Å². The molecule has 0 saturated heterocycles. The van der Waals surface area contributed by atoms with E-state index in [-0.39, 0.29) is 0 Å². The van der Waals surface area contributed by atoms with E-state index >= 15 is 0 Å². The van der Waals surface area contributed by atoms with Crippen LogP contribution in [-0.4, -0.2) is 17.1 Å². The van der Waals surface area contributed by atoms with Gasteiger partial charge in [0.2, 0.25) is 0 Å². The zero-order valence-electron chi connectivity index (χ0n) is 10.5. The van der Waals surface area contributed by atoms with E-state index in [1.807, 2.05) is 12.1 Å². The normalized spacial score (nSPS) is 10.6. The Balaban J connectivity index is 2.06. The third kappa shape index (κ3) is 4.49. The highest BCUT2D eigenvalue weighted by molar-refractivity contribution is 9.10. The monoisotopic (exact) mass is 339 g/mol. The van der Waals surface area contributed by atoms with Crippen LogP contribution in [0.4, 0.5) is 5.82 Å². The maximum absolute atomic E-state index is 5.76. The molecule has 0 aliphatic rings. The van der Waals surface area contributed by atoms with E-state index in [1.165, 1.54) is 0 Å². The molecular formula is C13H14BrN3OS. The zero-order valence-corrected chi connectivity index (χ0v) is 12.9. The number of hydrogen-bond acceptors (Lipinski definition) is 5. The van der Waals surface area contributed by atoms with Gasteiger partial charge in [0.25, 0.3) is 0 Å². The standard InChI is InChI=1S/C13H14BrN3OS/c1-18-7-10-6-12(15)17-13(16-10)8-19-11-4-2-3-9(14)5-11/h2-6H,7-8H2,1H3,(H2,15,16,17). The molecule has 2 rings (SSSR count). The molecule has 2 N–H and O–H groups in total. The number of nitrogens with two attached hydrogens (primary N) is 1. The lowest BCUT2D eigenvalue weighted by Gasteiger charge is -2.05. The number of rotatable bonds is 5. The second kappa shape index (κ2) is 6.88. The Morgan fingerprint density at radius 3 is 2.89 bits per heavy atom. The van der Waals surface area contributed by atoms with E-state index in [2.05, 4.69) is 38.0 Å². The first-order chi connectivity index (χ1) is 9.17. The molecule has 1 aromatic carbocycles. The van der Waals surface area contributed by atoms with E-state index < -0.39 is 0 Å². The van der Waals surface area contributed by atoms with Crippen molar-refractivity contribution in [2.45, 2.75) is 17.3 Å². The molecule has 19 heavy (non-hydrogen) atoms. The summed E-state index contributed by atoms with van der Waals surface area (Å²) < 4.78 is 6.12. The second-order valence-electron chi connectivity index (χ2n) is 3.88. The second-order valence-corrected chi connectivity index (χ2v) is 5.84. The van der Waals surface area contributed by atoms with Gasteiger partial charge in [0, 0.05) is 22.5 Å². The van der Waals surface area contributed by atoms with Crippen LogP contribution in [0.2, 0.25) is 0 Å². The molecular weight excluding hydrogens is 326 g/mol. The summed E-state index contributed by atoms with van der Waals surface area (Å²) in [5.74, 6) is 1.88. The van der Waals surface area contributed by atoms with E-state index in [1.54, 1.807) is 24.9 Å². The summed E-state index contributed by atoms with van der Waals surface area (Å²) in [6, 6.07) is 9.85. The Labute approximate surface area is 124 Å². The minimum Gasteiger partial charge on any atom is -0.384 e. The van der Waals surface area contributed by atoms with Crippen molar-refractivity contribution in [1.82, 2.24) is 9.97 Å². The molecule has 0 amide bonds. The van der Waals surface area contributed by atoms with E-state index in [0.717, 1.165) is 20.9 Å². The Hall–Kier alpha value is -1.11. The Morgan fingerprint density at radius 1 is 1.32 bits per heavy atom. The van der Waals surface area contributed by atoms with Gasteiger partial charge in [-0.05, 0) is 18.2 Å². The van der Waals surface area contributed by atoms with Gasteiger partial charge in [0.15, 0.2) is 0 Å². The number of anilines is 1. The molecule has 0 spiro atoms. The summed E-state index contributed by atoms with van der Waals surface area (Å²) in [5.41, 5.74) is 6.56. The van der Waals surface area contributed by atoms with Crippen LogP contribution in [0.1, 0.15) is 11.5 Å². The lowest BCUT2D eigenvalue weighted by Crippen LogP contribution is -2.03. The molecule has 0 aliphatic heterocycles. The highest BCUT2D eigenvalue weighted by atomic mass is 79.9. The van der Waals surface area contributed by atoms with Gasteiger partial charge in [0.1, 0.15) is 11.6 Å². The highest BCUT2D eigenvalue weighted by Crippen LogP contribution is 2.24. The lowest BCUT2D eigenvalue weighted by molar-refractivity contribution is 0.181. The average Bonchev–Trinajstić information content (AvgIpc) is 2.36. The van der Waals surface area contributed by atoms with Crippen LogP contribution < -0.4 is 5.73 Å². The minimum atomic E-state index is 0.446. The number of thioether (sulfide) groups is 1. The summed E-state index contributed by atoms with van der Waals surface area (Å²) in [6.45, 7) is 0.446. The molecule has 6 heteroatoms. The number of nitrogens with zero attached hydrogens (tertiary/aromatic N) is 2. The summed E-state index contributed by atoms with van der Waals surface area (Å²) in [4.78, 5) is 9.81. The summed E-state index contributed by atoms with van der Waals surface area (Å²) in [6.07, 6.45) is 0. The molecule has 1 heterocycles. The molecule has 0 aliphatic carbocycles. The number of benzene rings is 1. The largest absolute Gasteiger partial charge is 0.384 e. The van der Waals surface area contributed by atoms with Gasteiger partial charge in [-0.15, -0.1) is 11.8 Å². The van der Waals surface area contributed by atoms with E-state index in [4.69, 9.17) is 10.5 Å². The summed E-state index contributed by atoms with van der Waals surface area (Å²) in [5, 5.41) is 0. The summed E-state index contributed by atoms with van der Waals surface area (Å²) >= 11 is 5.12. The number of aromatic nitrogens is 2. The maximum atomic E-state index is 5.76. The van der Waals surface area contributed by atoms with Gasteiger partial charge in [-0.3, -0.25) is 0 Å². The van der Waals surface area contributed by atoms with Crippen molar-refractivity contribution in [2.75, 3.05) is 12.8 Å². The van der Waals surface area contributed by atoms with Gasteiger partial charge < -0.3 is 10.5 Å². The predicted octanol–water partition coefficient (Wildman–Crippen LogP) is 3.26. The van der Waals surface area contributed by atoms with Gasteiger partial charge in [0.05, 0.1) is 18.1 Å². The van der Waals surface area contributed by atoms with Crippen molar-refractivity contribution < 1.29 is 4.74 Å². The smallest absolute Gasteiger partial charge is 0.141 e. The molecule has 100 valence electrons. The topological polar surface area (TPSA) is 61.0 Å². The van der Waals surface area contributed by atoms with Crippen LogP contribution >= 0.6 is 27.7 Å². The van der Waals surface area contributed by atoms with Crippen molar-refractivity contribution in [3.05, 3.63) is 46.3 Å². The van der Waals surface area contributed by atoms with Crippen LogP contribution in [0.5, 0.6) is 0 Å². The van der Waals surface area contributed by atoms with Gasteiger partial charge in [-0.2, -0.15) is 0 Å². The number of methoxy groups -OCH3 is 1. The third-order valence-electron chi connectivity index (χ3n) is 2.30. The van der Waals surface area contributed by atoms with Gasteiger partial charge in [-0.25, -0.2) is 9.97 Å². The van der Waals surface area contributed by atoms with Crippen LogP contribution in [-0.2, 0) is 17.1 Å². The van der Waals surface area contributed by atoms with E-state index in [9.17, 15) is 0 Å². The average molecular weight is 340 g/mol. The minimum absolute atomic E-state index is 0.446. The van der Waals surface area contributed by atoms with Crippen LogP contribution in [0.25, 0.3) is 0 Å².